The van der Waals surface area contributed by atoms with Gasteiger partial charge in [-0.05, 0) is 76.8 Å². The van der Waals surface area contributed by atoms with Gasteiger partial charge in [0.05, 0.1) is 12.2 Å². The van der Waals surface area contributed by atoms with Crippen molar-refractivity contribution < 1.29 is 14.3 Å². The molecular formula is C23H20IN3O3S. The van der Waals surface area contributed by atoms with E-state index in [9.17, 15) is 9.59 Å². The van der Waals surface area contributed by atoms with E-state index in [4.69, 9.17) is 17.0 Å². The lowest BCUT2D eigenvalue weighted by Gasteiger charge is -2.12. The van der Waals surface area contributed by atoms with Crippen molar-refractivity contribution in [1.29, 1.82) is 0 Å². The zero-order valence-electron chi connectivity index (χ0n) is 16.4. The van der Waals surface area contributed by atoms with Crippen LogP contribution in [0.4, 0.5) is 0 Å². The van der Waals surface area contributed by atoms with Crippen LogP contribution in [0.2, 0.25) is 0 Å². The molecule has 0 radical (unpaired) electrons. The molecule has 0 saturated carbocycles. The lowest BCUT2D eigenvalue weighted by Crippen LogP contribution is -2.48. The number of nitrogens with one attached hydrogen (secondary N) is 3. The first-order valence-electron chi connectivity index (χ1n) is 9.46. The smallest absolute Gasteiger partial charge is 0.270 e. The molecule has 31 heavy (non-hydrogen) atoms. The van der Waals surface area contributed by atoms with Crippen molar-refractivity contribution in [3.63, 3.8) is 0 Å². The minimum Gasteiger partial charge on any atom is -0.493 e. The molecule has 0 heterocycles. The zero-order chi connectivity index (χ0) is 22.1. The average molecular weight is 545 g/mol. The van der Waals surface area contributed by atoms with Gasteiger partial charge in [0.2, 0.25) is 0 Å². The first-order chi connectivity index (χ1) is 15.0. The molecule has 0 aliphatic rings. The molecule has 3 N–H and O–H groups in total. The minimum absolute atomic E-state index is 0.00697. The van der Waals surface area contributed by atoms with Crippen LogP contribution in [0, 0.1) is 3.57 Å². The maximum Gasteiger partial charge on any atom is 0.270 e. The highest BCUT2D eigenvalue weighted by Gasteiger charge is 2.11. The predicted molar refractivity (Wildman–Crippen MR) is 132 cm³/mol. The Kier molecular flexibility index (Phi) is 8.36. The topological polar surface area (TPSA) is 79.5 Å². The van der Waals surface area contributed by atoms with Crippen LogP contribution in [0.25, 0.3) is 0 Å². The quantitative estimate of drug-likeness (QED) is 0.249. The number of amides is 2. The Balaban J connectivity index is 1.43. The highest BCUT2D eigenvalue weighted by Crippen LogP contribution is 2.13. The number of hydrogen-bond acceptors (Lipinski definition) is 4. The molecule has 0 spiro atoms. The van der Waals surface area contributed by atoms with Crippen LogP contribution in [0.3, 0.4) is 0 Å². The van der Waals surface area contributed by atoms with Gasteiger partial charge >= 0.3 is 0 Å². The van der Waals surface area contributed by atoms with Crippen molar-refractivity contribution >= 4 is 51.7 Å². The number of ether oxygens (including phenoxy) is 1. The van der Waals surface area contributed by atoms with Crippen LogP contribution in [0.15, 0.2) is 78.9 Å². The second-order valence-electron chi connectivity index (χ2n) is 6.45. The number of hydrogen-bond donors (Lipinski definition) is 3. The number of carbonyl (C=O) groups excluding carboxylic acids is 2. The Morgan fingerprint density at radius 2 is 1.52 bits per heavy atom. The summed E-state index contributed by atoms with van der Waals surface area (Å²) in [5, 5.41) is 2.52. The summed E-state index contributed by atoms with van der Waals surface area (Å²) >= 11 is 7.15. The molecule has 0 atom stereocenters. The highest BCUT2D eigenvalue weighted by molar-refractivity contribution is 14.1. The summed E-state index contributed by atoms with van der Waals surface area (Å²) in [6.07, 6.45) is 0.802. The van der Waals surface area contributed by atoms with Crippen molar-refractivity contribution in [3.05, 3.63) is 99.1 Å². The molecule has 2 amide bonds. The number of carbonyl (C=O) groups is 2. The van der Waals surface area contributed by atoms with Crippen LogP contribution in [0.5, 0.6) is 5.75 Å². The summed E-state index contributed by atoms with van der Waals surface area (Å²) in [5.74, 6) is -0.0617. The molecule has 3 rings (SSSR count). The lowest BCUT2D eigenvalue weighted by molar-refractivity contribution is 0.0934. The predicted octanol–water partition coefficient (Wildman–Crippen LogP) is 3.86. The lowest BCUT2D eigenvalue weighted by atomic mass is 10.2. The van der Waals surface area contributed by atoms with E-state index < -0.39 is 5.91 Å². The number of benzene rings is 3. The van der Waals surface area contributed by atoms with Gasteiger partial charge in [0.15, 0.2) is 5.11 Å². The van der Waals surface area contributed by atoms with E-state index in [1.165, 1.54) is 5.56 Å². The van der Waals surface area contributed by atoms with Crippen LogP contribution >= 0.6 is 34.8 Å². The highest BCUT2D eigenvalue weighted by atomic mass is 127. The molecule has 0 aliphatic heterocycles. The van der Waals surface area contributed by atoms with E-state index in [0.717, 1.165) is 9.99 Å². The van der Waals surface area contributed by atoms with Gasteiger partial charge in [0, 0.05) is 15.6 Å². The fraction of sp³-hybridized carbons (Fsp3) is 0.0870. The van der Waals surface area contributed by atoms with Crippen LogP contribution in [-0.4, -0.2) is 23.5 Å². The van der Waals surface area contributed by atoms with E-state index >= 15 is 0 Å². The fourth-order valence-electron chi connectivity index (χ4n) is 2.67. The van der Waals surface area contributed by atoms with Gasteiger partial charge in [-0.25, -0.2) is 0 Å². The Bertz CT molecular complexity index is 1060. The van der Waals surface area contributed by atoms with Crippen molar-refractivity contribution in [2.45, 2.75) is 6.42 Å². The summed E-state index contributed by atoms with van der Waals surface area (Å²) in [7, 11) is 0. The van der Waals surface area contributed by atoms with Crippen LogP contribution < -0.4 is 20.9 Å². The van der Waals surface area contributed by atoms with Gasteiger partial charge < -0.3 is 4.74 Å². The molecule has 0 bridgehead atoms. The molecule has 0 fully saturated rings. The van der Waals surface area contributed by atoms with Crippen molar-refractivity contribution in [2.75, 3.05) is 6.61 Å². The zero-order valence-corrected chi connectivity index (χ0v) is 19.4. The van der Waals surface area contributed by atoms with Crippen LogP contribution in [-0.2, 0) is 6.42 Å². The van der Waals surface area contributed by atoms with E-state index in [1.807, 2.05) is 30.3 Å². The van der Waals surface area contributed by atoms with Gasteiger partial charge in [0.25, 0.3) is 11.8 Å². The van der Waals surface area contributed by atoms with Crippen molar-refractivity contribution in [1.82, 2.24) is 16.2 Å². The van der Waals surface area contributed by atoms with E-state index in [0.29, 0.717) is 23.5 Å². The van der Waals surface area contributed by atoms with Gasteiger partial charge in [-0.15, -0.1) is 0 Å². The van der Waals surface area contributed by atoms with Gasteiger partial charge in [0.1, 0.15) is 5.75 Å². The first kappa shape index (κ1) is 22.7. The van der Waals surface area contributed by atoms with Gasteiger partial charge in [-0.2, -0.15) is 0 Å². The molecular weight excluding hydrogens is 525 g/mol. The summed E-state index contributed by atoms with van der Waals surface area (Å²) in [4.78, 5) is 24.5. The number of hydrazine groups is 1. The summed E-state index contributed by atoms with van der Waals surface area (Å²) in [6.45, 7) is 0.545. The molecule has 3 aromatic carbocycles. The molecule has 0 saturated heterocycles. The van der Waals surface area contributed by atoms with E-state index in [2.05, 4.69) is 50.9 Å². The summed E-state index contributed by atoms with van der Waals surface area (Å²) < 4.78 is 6.53. The largest absolute Gasteiger partial charge is 0.493 e. The third-order valence-electron chi connectivity index (χ3n) is 4.25. The van der Waals surface area contributed by atoms with Crippen molar-refractivity contribution in [3.8, 4) is 5.75 Å². The second kappa shape index (κ2) is 11.4. The third-order valence-corrected chi connectivity index (χ3v) is 5.40. The van der Waals surface area contributed by atoms with Crippen LogP contribution in [0.1, 0.15) is 26.3 Å². The average Bonchev–Trinajstić information content (AvgIpc) is 2.79. The minimum atomic E-state index is -0.392. The molecule has 3 aromatic rings. The SMILES string of the molecule is O=C(NC(=S)NNC(=O)c1ccccc1I)c1ccc(OCCc2ccccc2)cc1. The summed E-state index contributed by atoms with van der Waals surface area (Å²) in [6, 6.07) is 24.0. The Morgan fingerprint density at radius 3 is 2.23 bits per heavy atom. The van der Waals surface area contributed by atoms with Gasteiger partial charge in [-0.1, -0.05) is 42.5 Å². The molecule has 0 unspecified atom stereocenters. The maximum atomic E-state index is 12.3. The summed E-state index contributed by atoms with van der Waals surface area (Å²) in [5.41, 5.74) is 7.14. The van der Waals surface area contributed by atoms with Gasteiger partial charge in [-0.3, -0.25) is 25.8 Å². The standard InChI is InChI=1S/C23H20IN3O3S/c24-20-9-5-4-8-19(20)22(29)26-27-23(31)25-21(28)17-10-12-18(13-11-17)30-15-14-16-6-2-1-3-7-16/h1-13H,14-15H2,(H,26,29)(H2,25,27,28,31). The Morgan fingerprint density at radius 1 is 0.839 bits per heavy atom. The van der Waals surface area contributed by atoms with E-state index in [-0.39, 0.29) is 11.0 Å². The number of halogens is 1. The maximum absolute atomic E-state index is 12.3. The fourth-order valence-corrected chi connectivity index (χ4v) is 3.44. The Hall–Kier alpha value is -2.98. The normalized spacial score (nSPS) is 10.1. The number of rotatable bonds is 6. The third kappa shape index (κ3) is 7.04. The number of thiocarbonyl (C=S) groups is 1. The first-order valence-corrected chi connectivity index (χ1v) is 10.9. The van der Waals surface area contributed by atoms with E-state index in [1.54, 1.807) is 36.4 Å². The Labute approximate surface area is 199 Å². The molecule has 0 aliphatic carbocycles. The van der Waals surface area contributed by atoms with Crippen molar-refractivity contribution in [2.24, 2.45) is 0 Å². The molecule has 0 aromatic heterocycles. The monoisotopic (exact) mass is 545 g/mol. The molecule has 8 heteroatoms. The molecule has 158 valence electrons. The second-order valence-corrected chi connectivity index (χ2v) is 8.02. The molecule has 6 nitrogen and oxygen atoms in total.